The Bertz CT molecular complexity index is 737. The van der Waals surface area contributed by atoms with Crippen LogP contribution in [0.1, 0.15) is 34.6 Å². The predicted octanol–water partition coefficient (Wildman–Crippen LogP) is 1.67. The summed E-state index contributed by atoms with van der Waals surface area (Å²) in [6.45, 7) is 0.624. The van der Waals surface area contributed by atoms with Crippen molar-refractivity contribution in [1.82, 2.24) is 29.9 Å². The molecule has 3 heterocycles. The van der Waals surface area contributed by atoms with Crippen molar-refractivity contribution in [3.05, 3.63) is 28.0 Å². The predicted molar refractivity (Wildman–Crippen MR) is 70.8 cm³/mol. The first-order chi connectivity index (χ1) is 10.3. The monoisotopic (exact) mass is 378 g/mol. The van der Waals surface area contributed by atoms with Gasteiger partial charge in [0.25, 0.3) is 11.7 Å². The second-order valence-corrected chi connectivity index (χ2v) is 5.62. The number of aryl methyl sites for hydroxylation is 2. The molecule has 1 N–H and O–H groups in total. The van der Waals surface area contributed by atoms with E-state index in [9.17, 15) is 18.0 Å². The lowest BCUT2D eigenvalue weighted by atomic mass is 10.2. The molecule has 3 rings (SSSR count). The molecule has 0 fully saturated rings. The maximum absolute atomic E-state index is 12.6. The first-order valence-corrected chi connectivity index (χ1v) is 7.07. The zero-order chi connectivity index (χ0) is 16.1. The normalized spacial score (nSPS) is 17.6. The van der Waals surface area contributed by atoms with Crippen LogP contribution in [0.5, 0.6) is 0 Å². The summed E-state index contributed by atoms with van der Waals surface area (Å²) in [5.41, 5.74) is 0.790. The SMILES string of the molecule is Cn1nc(C(F)(F)F)nc1C(=O)N[C@H]1CCn2nc(Br)cc21. The molecule has 0 bridgehead atoms. The van der Waals surface area contributed by atoms with E-state index in [1.807, 2.05) is 0 Å². The average molecular weight is 379 g/mol. The van der Waals surface area contributed by atoms with Gasteiger partial charge in [0.1, 0.15) is 4.60 Å². The molecule has 1 amide bonds. The number of rotatable bonds is 2. The molecule has 0 unspecified atom stereocenters. The summed E-state index contributed by atoms with van der Waals surface area (Å²) in [5, 5.41) is 10.1. The van der Waals surface area contributed by atoms with Gasteiger partial charge in [-0.2, -0.15) is 23.3 Å². The number of carbonyl (C=O) groups excluding carboxylic acids is 1. The zero-order valence-corrected chi connectivity index (χ0v) is 12.8. The van der Waals surface area contributed by atoms with Crippen molar-refractivity contribution in [1.29, 1.82) is 0 Å². The Morgan fingerprint density at radius 2 is 2.18 bits per heavy atom. The van der Waals surface area contributed by atoms with Gasteiger partial charge in [-0.25, -0.2) is 4.68 Å². The Morgan fingerprint density at radius 3 is 2.82 bits per heavy atom. The second kappa shape index (κ2) is 5.07. The van der Waals surface area contributed by atoms with Crippen LogP contribution in [0, 0.1) is 0 Å². The number of hydrogen-bond acceptors (Lipinski definition) is 4. The maximum atomic E-state index is 12.6. The van der Waals surface area contributed by atoms with Gasteiger partial charge >= 0.3 is 6.18 Å². The lowest BCUT2D eigenvalue weighted by Crippen LogP contribution is -2.29. The summed E-state index contributed by atoms with van der Waals surface area (Å²) in [7, 11) is 1.24. The third-order valence-corrected chi connectivity index (χ3v) is 3.68. The van der Waals surface area contributed by atoms with Gasteiger partial charge in [0.05, 0.1) is 11.7 Å². The van der Waals surface area contributed by atoms with Gasteiger partial charge < -0.3 is 5.32 Å². The van der Waals surface area contributed by atoms with Crippen molar-refractivity contribution in [3.63, 3.8) is 0 Å². The number of aromatic nitrogens is 5. The van der Waals surface area contributed by atoms with E-state index in [4.69, 9.17) is 0 Å². The molecule has 0 radical (unpaired) electrons. The molecular formula is C11H10BrF3N6O. The second-order valence-electron chi connectivity index (χ2n) is 4.81. The molecule has 118 valence electrons. The van der Waals surface area contributed by atoms with Crippen LogP contribution in [0.15, 0.2) is 10.7 Å². The Balaban J connectivity index is 1.80. The minimum Gasteiger partial charge on any atom is -0.341 e. The number of amides is 1. The highest BCUT2D eigenvalue weighted by atomic mass is 79.9. The van der Waals surface area contributed by atoms with Crippen molar-refractivity contribution < 1.29 is 18.0 Å². The Hall–Kier alpha value is -1.91. The highest BCUT2D eigenvalue weighted by Gasteiger charge is 2.38. The van der Waals surface area contributed by atoms with Crippen molar-refractivity contribution in [2.24, 2.45) is 7.05 Å². The number of halogens is 4. The third-order valence-electron chi connectivity index (χ3n) is 3.29. The van der Waals surface area contributed by atoms with E-state index >= 15 is 0 Å². The summed E-state index contributed by atoms with van der Waals surface area (Å²) in [6, 6.07) is 1.44. The molecule has 0 saturated heterocycles. The van der Waals surface area contributed by atoms with E-state index in [-0.39, 0.29) is 11.9 Å². The first-order valence-electron chi connectivity index (χ1n) is 6.28. The summed E-state index contributed by atoms with van der Waals surface area (Å²) in [5.74, 6) is -2.43. The fourth-order valence-electron chi connectivity index (χ4n) is 2.33. The van der Waals surface area contributed by atoms with Crippen LogP contribution >= 0.6 is 15.9 Å². The highest BCUT2D eigenvalue weighted by Crippen LogP contribution is 2.29. The van der Waals surface area contributed by atoms with Crippen molar-refractivity contribution in [2.75, 3.05) is 0 Å². The maximum Gasteiger partial charge on any atom is 0.453 e. The fraction of sp³-hybridized carbons (Fsp3) is 0.455. The van der Waals surface area contributed by atoms with Gasteiger partial charge in [-0.3, -0.25) is 9.48 Å². The number of hydrogen-bond donors (Lipinski definition) is 1. The zero-order valence-electron chi connectivity index (χ0n) is 11.2. The van der Waals surface area contributed by atoms with Gasteiger partial charge in [0.15, 0.2) is 0 Å². The van der Waals surface area contributed by atoms with E-state index in [0.717, 1.165) is 10.4 Å². The topological polar surface area (TPSA) is 77.6 Å². The van der Waals surface area contributed by atoms with Gasteiger partial charge in [0.2, 0.25) is 5.82 Å². The molecule has 1 aliphatic rings. The molecule has 0 aliphatic carbocycles. The molecule has 22 heavy (non-hydrogen) atoms. The number of carbonyl (C=O) groups is 1. The molecule has 2 aromatic heterocycles. The molecule has 11 heteroatoms. The molecule has 1 atom stereocenters. The molecular weight excluding hydrogens is 369 g/mol. The third kappa shape index (κ3) is 2.60. The van der Waals surface area contributed by atoms with E-state index in [1.165, 1.54) is 7.05 Å². The van der Waals surface area contributed by atoms with Gasteiger partial charge in [-0.15, -0.1) is 5.10 Å². The average Bonchev–Trinajstić information content (AvgIpc) is 3.04. The number of nitrogens with zero attached hydrogens (tertiary/aromatic N) is 5. The van der Waals surface area contributed by atoms with Crippen LogP contribution in [0.4, 0.5) is 13.2 Å². The van der Waals surface area contributed by atoms with Crippen LogP contribution < -0.4 is 5.32 Å². The summed E-state index contributed by atoms with van der Waals surface area (Å²) in [4.78, 5) is 15.4. The lowest BCUT2D eigenvalue weighted by Gasteiger charge is -2.10. The fourth-order valence-corrected chi connectivity index (χ4v) is 2.75. The van der Waals surface area contributed by atoms with Gasteiger partial charge in [-0.05, 0) is 28.4 Å². The Labute approximate surface area is 130 Å². The number of fused-ring (bicyclic) bond motifs is 1. The van der Waals surface area contributed by atoms with Crippen LogP contribution in [0.2, 0.25) is 0 Å². The molecule has 0 aromatic carbocycles. The Kier molecular flexibility index (Phi) is 3.46. The summed E-state index contributed by atoms with van der Waals surface area (Å²) >= 11 is 3.24. The highest BCUT2D eigenvalue weighted by molar-refractivity contribution is 9.10. The Morgan fingerprint density at radius 1 is 1.45 bits per heavy atom. The summed E-state index contributed by atoms with van der Waals surface area (Å²) < 4.78 is 40.9. The van der Waals surface area contributed by atoms with Crippen LogP contribution in [-0.4, -0.2) is 30.5 Å². The van der Waals surface area contributed by atoms with E-state index < -0.39 is 17.9 Å². The molecule has 0 spiro atoms. The first kappa shape index (κ1) is 15.0. The molecule has 2 aromatic rings. The number of alkyl halides is 3. The van der Waals surface area contributed by atoms with Crippen LogP contribution in [0.3, 0.4) is 0 Å². The van der Waals surface area contributed by atoms with Gasteiger partial charge in [-0.1, -0.05) is 0 Å². The largest absolute Gasteiger partial charge is 0.453 e. The number of nitrogens with one attached hydrogen (secondary N) is 1. The van der Waals surface area contributed by atoms with E-state index in [0.29, 0.717) is 17.6 Å². The van der Waals surface area contributed by atoms with Crippen LogP contribution in [-0.2, 0) is 19.8 Å². The van der Waals surface area contributed by atoms with E-state index in [2.05, 4.69) is 36.4 Å². The van der Waals surface area contributed by atoms with Crippen LogP contribution in [0.25, 0.3) is 0 Å². The molecule has 1 aliphatic heterocycles. The molecule has 0 saturated carbocycles. The smallest absolute Gasteiger partial charge is 0.341 e. The van der Waals surface area contributed by atoms with Gasteiger partial charge in [0, 0.05) is 13.6 Å². The van der Waals surface area contributed by atoms with Crippen molar-refractivity contribution in [3.8, 4) is 0 Å². The minimum absolute atomic E-state index is 0.322. The molecule has 7 nitrogen and oxygen atoms in total. The lowest BCUT2D eigenvalue weighted by molar-refractivity contribution is -0.144. The summed E-state index contributed by atoms with van der Waals surface area (Å²) in [6.07, 6.45) is -4.07. The van der Waals surface area contributed by atoms with Crippen molar-refractivity contribution in [2.45, 2.75) is 25.2 Å². The van der Waals surface area contributed by atoms with Crippen molar-refractivity contribution >= 4 is 21.8 Å². The minimum atomic E-state index is -4.69. The standard InChI is InChI=1S/C11H10BrF3N6O/c1-20-8(17-10(19-20)11(13,14)15)9(22)16-5-2-3-21-6(5)4-7(12)18-21/h4-5H,2-3H2,1H3,(H,16,22)/t5-/m0/s1. The quantitative estimate of drug-likeness (QED) is 0.861. The van der Waals surface area contributed by atoms with E-state index in [1.54, 1.807) is 10.7 Å².